The van der Waals surface area contributed by atoms with E-state index in [0.717, 1.165) is 12.0 Å². The zero-order valence-corrected chi connectivity index (χ0v) is 10.7. The molecule has 2 aliphatic rings. The number of fused-ring (bicyclic) bond motifs is 1. The smallest absolute Gasteiger partial charge is 0.334 e. The largest absolute Gasteiger partial charge is 0.454 e. The van der Waals surface area contributed by atoms with Crippen LogP contribution in [0.4, 0.5) is 4.39 Å². The minimum absolute atomic E-state index is 0.0634. The molecule has 0 spiro atoms. The molecule has 2 rings (SSSR count). The highest BCUT2D eigenvalue weighted by Crippen LogP contribution is 2.34. The van der Waals surface area contributed by atoms with Crippen LogP contribution in [0.2, 0.25) is 0 Å². The fraction of sp³-hybridized carbons (Fsp3) is 0.533. The molecule has 1 aliphatic heterocycles. The normalized spacial score (nSPS) is 32.8. The van der Waals surface area contributed by atoms with Gasteiger partial charge in [0.25, 0.3) is 0 Å². The summed E-state index contributed by atoms with van der Waals surface area (Å²) in [5.41, 5.74) is 2.19. The van der Waals surface area contributed by atoms with Gasteiger partial charge in [-0.3, -0.25) is 0 Å². The van der Waals surface area contributed by atoms with E-state index < -0.39 is 6.17 Å². The molecule has 3 heteroatoms. The van der Waals surface area contributed by atoms with Gasteiger partial charge in [-0.15, -0.1) is 0 Å². The molecule has 0 aromatic heterocycles. The van der Waals surface area contributed by atoms with Crippen LogP contribution in [0.25, 0.3) is 0 Å². The molecule has 3 atom stereocenters. The van der Waals surface area contributed by atoms with Crippen LogP contribution in [0, 0.1) is 5.92 Å². The van der Waals surface area contributed by atoms with Crippen molar-refractivity contribution >= 4 is 5.97 Å². The van der Waals surface area contributed by atoms with Crippen molar-refractivity contribution in [2.24, 2.45) is 5.92 Å². The number of carbonyl (C=O) groups is 1. The molecule has 18 heavy (non-hydrogen) atoms. The van der Waals surface area contributed by atoms with Crippen molar-refractivity contribution in [2.45, 2.75) is 44.9 Å². The number of ether oxygens (including phenoxy) is 1. The summed E-state index contributed by atoms with van der Waals surface area (Å²) in [6.45, 7) is 9.67. The molecule has 1 heterocycles. The summed E-state index contributed by atoms with van der Waals surface area (Å²) >= 11 is 0. The van der Waals surface area contributed by atoms with Gasteiger partial charge >= 0.3 is 5.97 Å². The third-order valence-corrected chi connectivity index (χ3v) is 3.79. The van der Waals surface area contributed by atoms with Gasteiger partial charge in [0.1, 0.15) is 12.3 Å². The van der Waals surface area contributed by atoms with Gasteiger partial charge < -0.3 is 4.74 Å². The molecule has 0 fully saturated rings. The lowest BCUT2D eigenvalue weighted by Gasteiger charge is -2.23. The van der Waals surface area contributed by atoms with Crippen molar-refractivity contribution in [3.63, 3.8) is 0 Å². The minimum Gasteiger partial charge on any atom is -0.454 e. The summed E-state index contributed by atoms with van der Waals surface area (Å²) in [6, 6.07) is 0. The zero-order chi connectivity index (χ0) is 13.3. The predicted molar refractivity (Wildman–Crippen MR) is 68.8 cm³/mol. The molecule has 0 aromatic carbocycles. The fourth-order valence-corrected chi connectivity index (χ4v) is 2.56. The zero-order valence-electron chi connectivity index (χ0n) is 10.7. The van der Waals surface area contributed by atoms with E-state index in [1.165, 1.54) is 0 Å². The Morgan fingerprint density at radius 1 is 1.44 bits per heavy atom. The van der Waals surface area contributed by atoms with E-state index in [-0.39, 0.29) is 18.0 Å². The summed E-state index contributed by atoms with van der Waals surface area (Å²) in [5.74, 6) is -0.237. The van der Waals surface area contributed by atoms with Crippen LogP contribution in [0.3, 0.4) is 0 Å². The van der Waals surface area contributed by atoms with Crippen LogP contribution in [0.5, 0.6) is 0 Å². The number of halogens is 1. The first-order valence-corrected chi connectivity index (χ1v) is 6.38. The molecule has 2 bridgehead atoms. The van der Waals surface area contributed by atoms with Crippen LogP contribution in [0.1, 0.15) is 32.6 Å². The summed E-state index contributed by atoms with van der Waals surface area (Å²) in [7, 11) is 0. The van der Waals surface area contributed by atoms with Crippen LogP contribution in [-0.4, -0.2) is 18.2 Å². The first-order valence-electron chi connectivity index (χ1n) is 6.38. The van der Waals surface area contributed by atoms with E-state index >= 15 is 0 Å². The summed E-state index contributed by atoms with van der Waals surface area (Å²) in [4.78, 5) is 11.7. The van der Waals surface area contributed by atoms with Crippen LogP contribution >= 0.6 is 0 Å². The lowest BCUT2D eigenvalue weighted by Crippen LogP contribution is -2.21. The van der Waals surface area contributed by atoms with Gasteiger partial charge in [-0.25, -0.2) is 9.18 Å². The third-order valence-electron chi connectivity index (χ3n) is 3.79. The SMILES string of the molecule is C=C1CC[C@@H](C(=C)C)[C@@H]2C=C(CC[C@H]1F)C(=O)O2. The van der Waals surface area contributed by atoms with E-state index in [0.29, 0.717) is 30.4 Å². The average Bonchev–Trinajstić information content (AvgIpc) is 2.66. The molecule has 0 amide bonds. The van der Waals surface area contributed by atoms with Gasteiger partial charge in [-0.2, -0.15) is 0 Å². The lowest BCUT2D eigenvalue weighted by molar-refractivity contribution is -0.141. The second-order valence-corrected chi connectivity index (χ2v) is 5.22. The first-order chi connectivity index (χ1) is 8.49. The topological polar surface area (TPSA) is 26.3 Å². The number of esters is 1. The highest BCUT2D eigenvalue weighted by molar-refractivity contribution is 5.91. The molecule has 0 unspecified atom stereocenters. The Balaban J connectivity index is 2.25. The highest BCUT2D eigenvalue weighted by Gasteiger charge is 2.33. The monoisotopic (exact) mass is 250 g/mol. The van der Waals surface area contributed by atoms with Crippen molar-refractivity contribution in [1.29, 1.82) is 0 Å². The number of alkyl halides is 1. The Bertz CT molecular complexity index is 422. The maximum absolute atomic E-state index is 13.8. The Morgan fingerprint density at radius 2 is 2.17 bits per heavy atom. The molecule has 98 valence electrons. The molecule has 2 nitrogen and oxygen atoms in total. The molecule has 0 N–H and O–H groups in total. The third kappa shape index (κ3) is 2.55. The molecular weight excluding hydrogens is 231 g/mol. The first kappa shape index (κ1) is 13.1. The number of carbonyl (C=O) groups excluding carboxylic acids is 1. The Labute approximate surface area is 107 Å². The van der Waals surface area contributed by atoms with Gasteiger partial charge in [-0.1, -0.05) is 18.7 Å². The molecule has 0 radical (unpaired) electrons. The van der Waals surface area contributed by atoms with Gasteiger partial charge in [0, 0.05) is 11.5 Å². The standard InChI is InChI=1S/C15H19FO2/c1-9(2)12-6-4-10(3)13(16)7-5-11-8-14(12)18-15(11)17/h8,12-14H,1,3-7H2,2H3/t12-,13+,14-/m0/s1. The van der Waals surface area contributed by atoms with E-state index in [2.05, 4.69) is 13.2 Å². The second-order valence-electron chi connectivity index (χ2n) is 5.22. The van der Waals surface area contributed by atoms with Crippen molar-refractivity contribution in [3.05, 3.63) is 36.0 Å². The van der Waals surface area contributed by atoms with Crippen molar-refractivity contribution in [2.75, 3.05) is 0 Å². The van der Waals surface area contributed by atoms with Crippen molar-refractivity contribution in [3.8, 4) is 0 Å². The molecule has 0 saturated heterocycles. The van der Waals surface area contributed by atoms with Crippen LogP contribution < -0.4 is 0 Å². The number of rotatable bonds is 1. The summed E-state index contributed by atoms with van der Waals surface area (Å²) in [5, 5.41) is 0. The fourth-order valence-electron chi connectivity index (χ4n) is 2.56. The Hall–Kier alpha value is -1.38. The average molecular weight is 250 g/mol. The van der Waals surface area contributed by atoms with Gasteiger partial charge in [0.05, 0.1) is 0 Å². The minimum atomic E-state index is -1.03. The maximum atomic E-state index is 13.8. The van der Waals surface area contributed by atoms with E-state index in [4.69, 9.17) is 4.74 Å². The lowest BCUT2D eigenvalue weighted by atomic mass is 9.86. The van der Waals surface area contributed by atoms with E-state index in [9.17, 15) is 9.18 Å². The Kier molecular flexibility index (Phi) is 3.69. The Morgan fingerprint density at radius 3 is 2.83 bits per heavy atom. The van der Waals surface area contributed by atoms with Gasteiger partial charge in [0.15, 0.2) is 0 Å². The summed E-state index contributed by atoms with van der Waals surface area (Å²) in [6.07, 6.45) is 2.70. The van der Waals surface area contributed by atoms with Crippen molar-refractivity contribution < 1.29 is 13.9 Å². The summed E-state index contributed by atoms with van der Waals surface area (Å²) < 4.78 is 19.2. The number of hydrogen-bond donors (Lipinski definition) is 0. The molecule has 0 aromatic rings. The van der Waals surface area contributed by atoms with Gasteiger partial charge in [-0.05, 0) is 44.3 Å². The second kappa shape index (κ2) is 5.09. The van der Waals surface area contributed by atoms with E-state index in [1.807, 2.05) is 13.0 Å². The predicted octanol–water partition coefficient (Wildman–Crippen LogP) is 3.50. The number of hydrogen-bond acceptors (Lipinski definition) is 2. The van der Waals surface area contributed by atoms with Crippen LogP contribution in [-0.2, 0) is 9.53 Å². The van der Waals surface area contributed by atoms with Crippen molar-refractivity contribution in [1.82, 2.24) is 0 Å². The molecule has 0 saturated carbocycles. The maximum Gasteiger partial charge on any atom is 0.334 e. The highest BCUT2D eigenvalue weighted by atomic mass is 19.1. The number of allylic oxidation sites excluding steroid dienone is 1. The molecule has 1 aliphatic carbocycles. The quantitative estimate of drug-likeness (QED) is 0.526. The van der Waals surface area contributed by atoms with Gasteiger partial charge in [0.2, 0.25) is 0 Å². The van der Waals surface area contributed by atoms with E-state index in [1.54, 1.807) is 0 Å². The van der Waals surface area contributed by atoms with Crippen LogP contribution in [0.15, 0.2) is 36.0 Å². The molecular formula is C15H19FO2.